The van der Waals surface area contributed by atoms with E-state index in [4.69, 9.17) is 10.5 Å². The number of hydrogen-bond acceptors (Lipinski definition) is 5. The summed E-state index contributed by atoms with van der Waals surface area (Å²) in [5, 5.41) is 0. The van der Waals surface area contributed by atoms with E-state index in [1.54, 1.807) is 13.8 Å². The van der Waals surface area contributed by atoms with Crippen LogP contribution in [0.3, 0.4) is 0 Å². The summed E-state index contributed by atoms with van der Waals surface area (Å²) in [6.07, 6.45) is -3.22. The first-order chi connectivity index (χ1) is 8.26. The predicted molar refractivity (Wildman–Crippen MR) is 61.5 cm³/mol. The van der Waals surface area contributed by atoms with Gasteiger partial charge in [-0.2, -0.15) is 18.2 Å². The average molecular weight is 264 g/mol. The van der Waals surface area contributed by atoms with Gasteiger partial charge in [-0.05, 0) is 13.8 Å². The molecule has 2 N–H and O–H groups in total. The number of rotatable bonds is 4. The van der Waals surface area contributed by atoms with Gasteiger partial charge in [-0.15, -0.1) is 0 Å². The molecule has 1 heterocycles. The van der Waals surface area contributed by atoms with Crippen molar-refractivity contribution in [2.45, 2.75) is 26.1 Å². The van der Waals surface area contributed by atoms with Crippen LogP contribution in [0, 0.1) is 0 Å². The van der Waals surface area contributed by atoms with E-state index in [1.165, 1.54) is 7.11 Å². The van der Waals surface area contributed by atoms with Crippen molar-refractivity contribution in [1.29, 1.82) is 0 Å². The molecule has 1 aromatic rings. The lowest BCUT2D eigenvalue weighted by Gasteiger charge is -2.29. The van der Waals surface area contributed by atoms with Crippen molar-refractivity contribution in [2.24, 2.45) is 0 Å². The van der Waals surface area contributed by atoms with E-state index < -0.39 is 18.8 Å². The van der Waals surface area contributed by atoms with Gasteiger partial charge in [0.05, 0.1) is 7.11 Å². The lowest BCUT2D eigenvalue weighted by atomic mass is 10.3. The summed E-state index contributed by atoms with van der Waals surface area (Å²) in [6, 6.07) is -0.409. The Morgan fingerprint density at radius 1 is 1.39 bits per heavy atom. The molecule has 0 aromatic carbocycles. The predicted octanol–water partition coefficient (Wildman–Crippen LogP) is 1.84. The topological polar surface area (TPSA) is 64.3 Å². The Balaban J connectivity index is 3.14. The first-order valence-corrected chi connectivity index (χ1v) is 5.24. The molecular weight excluding hydrogens is 249 g/mol. The van der Waals surface area contributed by atoms with Crippen molar-refractivity contribution in [3.05, 3.63) is 6.33 Å². The van der Waals surface area contributed by atoms with Crippen LogP contribution in [-0.2, 0) is 0 Å². The zero-order valence-electron chi connectivity index (χ0n) is 10.3. The Morgan fingerprint density at radius 3 is 2.44 bits per heavy atom. The summed E-state index contributed by atoms with van der Waals surface area (Å²) < 4.78 is 42.4. The molecule has 0 saturated carbocycles. The van der Waals surface area contributed by atoms with Crippen molar-refractivity contribution >= 4 is 11.5 Å². The Hall–Kier alpha value is -1.73. The molecule has 0 aliphatic carbocycles. The molecule has 5 nitrogen and oxygen atoms in total. The molecule has 0 amide bonds. The second-order valence-electron chi connectivity index (χ2n) is 3.96. The van der Waals surface area contributed by atoms with Gasteiger partial charge in [0, 0.05) is 6.04 Å². The van der Waals surface area contributed by atoms with E-state index in [9.17, 15) is 13.2 Å². The van der Waals surface area contributed by atoms with Crippen LogP contribution in [0.25, 0.3) is 0 Å². The maximum atomic E-state index is 12.5. The van der Waals surface area contributed by atoms with Crippen LogP contribution in [0.2, 0.25) is 0 Å². The van der Waals surface area contributed by atoms with E-state index in [0.717, 1.165) is 11.2 Å². The molecule has 8 heteroatoms. The second kappa shape index (κ2) is 5.28. The summed E-state index contributed by atoms with van der Waals surface area (Å²) in [7, 11) is 1.34. The number of hydrogen-bond donors (Lipinski definition) is 1. The van der Waals surface area contributed by atoms with Crippen molar-refractivity contribution in [3.8, 4) is 5.88 Å². The number of anilines is 2. The van der Waals surface area contributed by atoms with Crippen molar-refractivity contribution in [1.82, 2.24) is 9.97 Å². The summed E-state index contributed by atoms with van der Waals surface area (Å²) in [4.78, 5) is 8.59. The molecule has 0 spiro atoms. The molecule has 18 heavy (non-hydrogen) atoms. The van der Waals surface area contributed by atoms with Gasteiger partial charge in [0.2, 0.25) is 5.88 Å². The largest absolute Gasteiger partial charge is 0.479 e. The minimum atomic E-state index is -4.34. The van der Waals surface area contributed by atoms with Gasteiger partial charge >= 0.3 is 6.18 Å². The highest BCUT2D eigenvalue weighted by atomic mass is 19.4. The first kappa shape index (κ1) is 14.3. The third-order valence-corrected chi connectivity index (χ3v) is 2.26. The molecule has 0 bridgehead atoms. The number of aromatic nitrogens is 2. The first-order valence-electron chi connectivity index (χ1n) is 5.24. The van der Waals surface area contributed by atoms with Crippen LogP contribution < -0.4 is 15.4 Å². The maximum Gasteiger partial charge on any atom is 0.405 e. The number of nitrogens with two attached hydrogens (primary N) is 1. The van der Waals surface area contributed by atoms with Crippen LogP contribution in [0.4, 0.5) is 24.7 Å². The molecule has 0 unspecified atom stereocenters. The van der Waals surface area contributed by atoms with E-state index in [0.29, 0.717) is 0 Å². The maximum absolute atomic E-state index is 12.5. The molecule has 0 aliphatic rings. The molecule has 1 rings (SSSR count). The number of nitrogen functional groups attached to an aromatic ring is 1. The third-order valence-electron chi connectivity index (χ3n) is 2.26. The monoisotopic (exact) mass is 264 g/mol. The summed E-state index contributed by atoms with van der Waals surface area (Å²) in [5.74, 6) is 0.0852. The second-order valence-corrected chi connectivity index (χ2v) is 3.96. The molecular formula is C10H15F3N4O. The van der Waals surface area contributed by atoms with Crippen LogP contribution in [0.1, 0.15) is 13.8 Å². The Morgan fingerprint density at radius 2 is 2.00 bits per heavy atom. The molecule has 0 radical (unpaired) electrons. The third kappa shape index (κ3) is 3.38. The highest BCUT2D eigenvalue weighted by molar-refractivity contribution is 5.68. The SMILES string of the molecule is COc1ncnc(N(CC(F)(F)F)C(C)C)c1N. The van der Waals surface area contributed by atoms with Crippen molar-refractivity contribution in [2.75, 3.05) is 24.3 Å². The standard InChI is InChI=1S/C10H15F3N4O/c1-6(2)17(4-10(11,12)13)8-7(14)9(18-3)16-5-15-8/h5-6H,4,14H2,1-3H3. The van der Waals surface area contributed by atoms with Gasteiger partial charge in [0.25, 0.3) is 0 Å². The summed E-state index contributed by atoms with van der Waals surface area (Å²) in [6.45, 7) is 2.12. The smallest absolute Gasteiger partial charge is 0.405 e. The van der Waals surface area contributed by atoms with Crippen LogP contribution >= 0.6 is 0 Å². The number of ether oxygens (including phenoxy) is 1. The molecule has 1 aromatic heterocycles. The fraction of sp³-hybridized carbons (Fsp3) is 0.600. The molecule has 0 saturated heterocycles. The zero-order chi connectivity index (χ0) is 13.9. The number of methoxy groups -OCH3 is 1. The van der Waals surface area contributed by atoms with E-state index in [1.807, 2.05) is 0 Å². The Bertz CT molecular complexity index is 409. The quantitative estimate of drug-likeness (QED) is 0.899. The van der Waals surface area contributed by atoms with Crippen molar-refractivity contribution < 1.29 is 17.9 Å². The van der Waals surface area contributed by atoms with Gasteiger partial charge in [0.15, 0.2) is 5.82 Å². The van der Waals surface area contributed by atoms with Crippen LogP contribution in [0.15, 0.2) is 6.33 Å². The lowest BCUT2D eigenvalue weighted by Crippen LogP contribution is -2.40. The average Bonchev–Trinajstić information content (AvgIpc) is 2.25. The minimum Gasteiger partial charge on any atom is -0.479 e. The number of nitrogens with zero attached hydrogens (tertiary/aromatic N) is 3. The highest BCUT2D eigenvalue weighted by Gasteiger charge is 2.33. The fourth-order valence-electron chi connectivity index (χ4n) is 1.46. The van der Waals surface area contributed by atoms with E-state index >= 15 is 0 Å². The fourth-order valence-corrected chi connectivity index (χ4v) is 1.46. The van der Waals surface area contributed by atoms with Crippen LogP contribution in [0.5, 0.6) is 5.88 Å². The minimum absolute atomic E-state index is 0.00190. The highest BCUT2D eigenvalue weighted by Crippen LogP contribution is 2.31. The molecule has 0 atom stereocenters. The van der Waals surface area contributed by atoms with E-state index in [-0.39, 0.29) is 17.4 Å². The Labute approximate surface area is 103 Å². The molecule has 0 aliphatic heterocycles. The normalized spacial score (nSPS) is 11.7. The number of alkyl halides is 3. The number of halogens is 3. The van der Waals surface area contributed by atoms with Gasteiger partial charge in [0.1, 0.15) is 18.6 Å². The van der Waals surface area contributed by atoms with Crippen molar-refractivity contribution in [3.63, 3.8) is 0 Å². The van der Waals surface area contributed by atoms with Gasteiger partial charge in [-0.1, -0.05) is 0 Å². The lowest BCUT2D eigenvalue weighted by molar-refractivity contribution is -0.120. The van der Waals surface area contributed by atoms with E-state index in [2.05, 4.69) is 9.97 Å². The summed E-state index contributed by atoms with van der Waals surface area (Å²) >= 11 is 0. The zero-order valence-corrected chi connectivity index (χ0v) is 10.3. The van der Waals surface area contributed by atoms with Gasteiger partial charge in [-0.3, -0.25) is 0 Å². The molecule has 0 fully saturated rings. The van der Waals surface area contributed by atoms with Gasteiger partial charge in [-0.25, -0.2) is 4.98 Å². The molecule has 102 valence electrons. The van der Waals surface area contributed by atoms with Crippen LogP contribution in [-0.4, -0.2) is 35.8 Å². The Kier molecular flexibility index (Phi) is 4.20. The summed E-state index contributed by atoms with van der Waals surface area (Å²) in [5.41, 5.74) is 5.69. The van der Waals surface area contributed by atoms with Gasteiger partial charge < -0.3 is 15.4 Å².